The number of phenolic OH excluding ortho intramolecular Hbond substituents is 1. The molecule has 1 atom stereocenters. The van der Waals surface area contributed by atoms with E-state index >= 15 is 0 Å². The van der Waals surface area contributed by atoms with E-state index in [9.17, 15) is 5.11 Å². The third-order valence-corrected chi connectivity index (χ3v) is 3.24. The smallest absolute Gasteiger partial charge is 0.120 e. The van der Waals surface area contributed by atoms with Crippen LogP contribution in [0.2, 0.25) is 0 Å². The predicted molar refractivity (Wildman–Crippen MR) is 62.3 cm³/mol. The highest BCUT2D eigenvalue weighted by atomic mass is 16.3. The maximum absolute atomic E-state index is 9.74. The number of likely N-dealkylation sites (N-methyl/N-ethyl adjacent to an activating group) is 1. The molecule has 1 unspecified atom stereocenters. The number of hydrogen-bond donors (Lipinski definition) is 2. The van der Waals surface area contributed by atoms with Gasteiger partial charge in [0, 0.05) is 24.3 Å². The molecule has 2 rings (SSSR count). The van der Waals surface area contributed by atoms with Crippen LogP contribution in [0.15, 0.2) is 18.2 Å². The van der Waals surface area contributed by atoms with Gasteiger partial charge in [0.15, 0.2) is 0 Å². The molecule has 1 heterocycles. The summed E-state index contributed by atoms with van der Waals surface area (Å²) in [7, 11) is 2.09. The van der Waals surface area contributed by atoms with Crippen LogP contribution in [-0.4, -0.2) is 24.7 Å². The second-order valence-electron chi connectivity index (χ2n) is 4.17. The van der Waals surface area contributed by atoms with E-state index in [-0.39, 0.29) is 0 Å². The van der Waals surface area contributed by atoms with Gasteiger partial charge in [-0.05, 0) is 37.9 Å². The zero-order chi connectivity index (χ0) is 10.8. The number of anilines is 1. The largest absolute Gasteiger partial charge is 0.508 e. The minimum atomic E-state index is 0.426. The Balaban J connectivity index is 2.18. The Kier molecular flexibility index (Phi) is 2.82. The van der Waals surface area contributed by atoms with Crippen LogP contribution in [0.5, 0.6) is 5.75 Å². The molecule has 0 bridgehead atoms. The molecule has 0 fully saturated rings. The van der Waals surface area contributed by atoms with E-state index in [1.54, 1.807) is 6.07 Å². The Labute approximate surface area is 90.5 Å². The number of rotatable bonds is 3. The lowest BCUT2D eigenvalue weighted by atomic mass is 10.1. The van der Waals surface area contributed by atoms with Crippen molar-refractivity contribution in [1.82, 2.24) is 0 Å². The topological polar surface area (TPSA) is 49.5 Å². The van der Waals surface area contributed by atoms with E-state index in [0.29, 0.717) is 11.8 Å². The first kappa shape index (κ1) is 10.3. The molecule has 1 aliphatic heterocycles. The molecule has 0 saturated heterocycles. The number of hydrogen-bond acceptors (Lipinski definition) is 3. The van der Waals surface area contributed by atoms with Crippen molar-refractivity contribution in [3.8, 4) is 5.75 Å². The van der Waals surface area contributed by atoms with E-state index in [1.165, 1.54) is 0 Å². The summed E-state index contributed by atoms with van der Waals surface area (Å²) >= 11 is 0. The van der Waals surface area contributed by atoms with Gasteiger partial charge in [0.25, 0.3) is 0 Å². The number of nitrogens with two attached hydrogens (primary N) is 1. The van der Waals surface area contributed by atoms with Gasteiger partial charge in [-0.2, -0.15) is 0 Å². The molecular formula is C12H18N2O. The zero-order valence-corrected chi connectivity index (χ0v) is 9.11. The first-order valence-corrected chi connectivity index (χ1v) is 5.47. The number of nitrogens with zero attached hydrogens (tertiary/aromatic N) is 1. The highest BCUT2D eigenvalue weighted by Gasteiger charge is 2.27. The summed E-state index contributed by atoms with van der Waals surface area (Å²) in [5.41, 5.74) is 7.77. The summed E-state index contributed by atoms with van der Waals surface area (Å²) in [5.74, 6) is 0.426. The normalized spacial score (nSPS) is 19.3. The van der Waals surface area contributed by atoms with Crippen molar-refractivity contribution in [2.24, 2.45) is 5.73 Å². The van der Waals surface area contributed by atoms with Gasteiger partial charge >= 0.3 is 0 Å². The van der Waals surface area contributed by atoms with Gasteiger partial charge in [-0.3, -0.25) is 0 Å². The lowest BCUT2D eigenvalue weighted by molar-refractivity contribution is 0.467. The predicted octanol–water partition coefficient (Wildman–Crippen LogP) is 1.49. The van der Waals surface area contributed by atoms with Gasteiger partial charge in [-0.15, -0.1) is 0 Å². The molecule has 0 saturated carbocycles. The summed E-state index contributed by atoms with van der Waals surface area (Å²) in [6, 6.07) is 6.22. The Morgan fingerprint density at radius 1 is 1.53 bits per heavy atom. The fourth-order valence-corrected chi connectivity index (χ4v) is 2.32. The van der Waals surface area contributed by atoms with Crippen LogP contribution in [0, 0.1) is 0 Å². The summed E-state index contributed by atoms with van der Waals surface area (Å²) < 4.78 is 0. The van der Waals surface area contributed by atoms with Crippen LogP contribution in [0.3, 0.4) is 0 Å². The third-order valence-electron chi connectivity index (χ3n) is 3.24. The first-order chi connectivity index (χ1) is 7.24. The van der Waals surface area contributed by atoms with Crippen molar-refractivity contribution in [2.75, 3.05) is 18.5 Å². The SMILES string of the molecule is CN1c2cccc(O)c2CC1CCCN. The maximum Gasteiger partial charge on any atom is 0.120 e. The highest BCUT2D eigenvalue weighted by Crippen LogP contribution is 2.37. The number of fused-ring (bicyclic) bond motifs is 1. The molecule has 1 aromatic rings. The van der Waals surface area contributed by atoms with Gasteiger partial charge in [0.2, 0.25) is 0 Å². The monoisotopic (exact) mass is 206 g/mol. The molecule has 0 amide bonds. The lowest BCUT2D eigenvalue weighted by Crippen LogP contribution is -2.28. The molecule has 3 N–H and O–H groups in total. The summed E-state index contributed by atoms with van der Waals surface area (Å²) in [4.78, 5) is 2.25. The Bertz CT molecular complexity index is 351. The molecule has 1 aromatic carbocycles. The van der Waals surface area contributed by atoms with E-state index < -0.39 is 0 Å². The molecule has 0 aliphatic carbocycles. The Morgan fingerprint density at radius 3 is 3.00 bits per heavy atom. The van der Waals surface area contributed by atoms with Gasteiger partial charge < -0.3 is 15.7 Å². The molecule has 3 heteroatoms. The number of aromatic hydroxyl groups is 1. The molecular weight excluding hydrogens is 188 g/mol. The average Bonchev–Trinajstić information content (AvgIpc) is 2.55. The van der Waals surface area contributed by atoms with Crippen molar-refractivity contribution < 1.29 is 5.11 Å². The van der Waals surface area contributed by atoms with E-state index in [2.05, 4.69) is 18.0 Å². The van der Waals surface area contributed by atoms with Crippen LogP contribution in [0.25, 0.3) is 0 Å². The quantitative estimate of drug-likeness (QED) is 0.787. The van der Waals surface area contributed by atoms with Gasteiger partial charge in [-0.25, -0.2) is 0 Å². The Morgan fingerprint density at radius 2 is 2.33 bits per heavy atom. The molecule has 82 valence electrons. The summed E-state index contributed by atoms with van der Waals surface area (Å²) in [6.07, 6.45) is 3.09. The minimum absolute atomic E-state index is 0.426. The summed E-state index contributed by atoms with van der Waals surface area (Å²) in [5, 5.41) is 9.74. The van der Waals surface area contributed by atoms with E-state index in [4.69, 9.17) is 5.73 Å². The maximum atomic E-state index is 9.74. The first-order valence-electron chi connectivity index (χ1n) is 5.47. The fourth-order valence-electron chi connectivity index (χ4n) is 2.32. The van der Waals surface area contributed by atoms with Crippen LogP contribution >= 0.6 is 0 Å². The minimum Gasteiger partial charge on any atom is -0.508 e. The van der Waals surface area contributed by atoms with Crippen molar-refractivity contribution in [1.29, 1.82) is 0 Å². The Hall–Kier alpha value is -1.22. The number of benzene rings is 1. The van der Waals surface area contributed by atoms with Crippen molar-refractivity contribution >= 4 is 5.69 Å². The van der Waals surface area contributed by atoms with Crippen molar-refractivity contribution in [3.05, 3.63) is 23.8 Å². The highest BCUT2D eigenvalue weighted by molar-refractivity contribution is 5.63. The molecule has 0 aromatic heterocycles. The second-order valence-corrected chi connectivity index (χ2v) is 4.17. The van der Waals surface area contributed by atoms with Crippen LogP contribution in [0.4, 0.5) is 5.69 Å². The second kappa shape index (κ2) is 4.11. The lowest BCUT2D eigenvalue weighted by Gasteiger charge is -2.22. The standard InChI is InChI=1S/C12H18N2O/c1-14-9(4-3-7-13)8-10-11(14)5-2-6-12(10)15/h2,5-6,9,15H,3-4,7-8,13H2,1H3. The third kappa shape index (κ3) is 1.79. The zero-order valence-electron chi connectivity index (χ0n) is 9.11. The van der Waals surface area contributed by atoms with Crippen molar-refractivity contribution in [2.45, 2.75) is 25.3 Å². The van der Waals surface area contributed by atoms with Crippen LogP contribution in [0.1, 0.15) is 18.4 Å². The molecule has 0 radical (unpaired) electrons. The van der Waals surface area contributed by atoms with Crippen LogP contribution in [-0.2, 0) is 6.42 Å². The molecule has 0 spiro atoms. The fraction of sp³-hybridized carbons (Fsp3) is 0.500. The average molecular weight is 206 g/mol. The molecule has 15 heavy (non-hydrogen) atoms. The number of phenols is 1. The van der Waals surface area contributed by atoms with E-state index in [0.717, 1.165) is 37.1 Å². The van der Waals surface area contributed by atoms with Gasteiger partial charge in [0.1, 0.15) is 5.75 Å². The molecule has 1 aliphatic rings. The van der Waals surface area contributed by atoms with Gasteiger partial charge in [-0.1, -0.05) is 6.07 Å². The summed E-state index contributed by atoms with van der Waals surface area (Å²) in [6.45, 7) is 0.743. The van der Waals surface area contributed by atoms with Gasteiger partial charge in [0.05, 0.1) is 0 Å². The van der Waals surface area contributed by atoms with E-state index in [1.807, 2.05) is 6.07 Å². The van der Waals surface area contributed by atoms with Crippen molar-refractivity contribution in [3.63, 3.8) is 0 Å². The van der Waals surface area contributed by atoms with Crippen LogP contribution < -0.4 is 10.6 Å². The molecule has 3 nitrogen and oxygen atoms in total.